The second-order valence-electron chi connectivity index (χ2n) is 6.86. The summed E-state index contributed by atoms with van der Waals surface area (Å²) in [5, 5.41) is 9.41. The van der Waals surface area contributed by atoms with Crippen LogP contribution in [0.1, 0.15) is 36.0 Å². The summed E-state index contributed by atoms with van der Waals surface area (Å²) in [6, 6.07) is 12.7. The van der Waals surface area contributed by atoms with E-state index in [1.807, 2.05) is 37.3 Å². The molecule has 2 atom stereocenters. The number of halogens is 2. The molecule has 1 saturated carbocycles. The molecule has 1 aliphatic carbocycles. The molecule has 0 spiro atoms. The van der Waals surface area contributed by atoms with Crippen LogP contribution in [0.25, 0.3) is 0 Å². The van der Waals surface area contributed by atoms with E-state index in [1.54, 1.807) is 12.1 Å². The molecule has 2 aromatic carbocycles. The van der Waals surface area contributed by atoms with Crippen molar-refractivity contribution in [3.63, 3.8) is 0 Å². The quantitative estimate of drug-likeness (QED) is 0.315. The van der Waals surface area contributed by atoms with Gasteiger partial charge in [-0.25, -0.2) is 4.79 Å². The minimum Gasteiger partial charge on any atom is -0.464 e. The summed E-state index contributed by atoms with van der Waals surface area (Å²) in [6.07, 6.45) is 0.922. The fourth-order valence-electron chi connectivity index (χ4n) is 3.37. The fourth-order valence-corrected chi connectivity index (χ4v) is 4.05. The number of methoxy groups -OCH3 is 1. The number of hydrogen-bond acceptors (Lipinski definition) is 6. The third kappa shape index (κ3) is 4.94. The van der Waals surface area contributed by atoms with Crippen molar-refractivity contribution >= 4 is 40.6 Å². The Balaban J connectivity index is 1.69. The Bertz CT molecular complexity index is 971. The molecule has 1 fully saturated rings. The van der Waals surface area contributed by atoms with Gasteiger partial charge in [0.2, 0.25) is 0 Å². The van der Waals surface area contributed by atoms with Gasteiger partial charge >= 0.3 is 5.97 Å². The Morgan fingerprint density at radius 1 is 1.07 bits per heavy atom. The van der Waals surface area contributed by atoms with Crippen LogP contribution < -0.4 is 0 Å². The molecule has 0 radical (unpaired) electrons. The number of hydrogen-bond donors (Lipinski definition) is 0. The lowest BCUT2D eigenvalue weighted by Crippen LogP contribution is -2.19. The van der Waals surface area contributed by atoms with Crippen molar-refractivity contribution < 1.29 is 19.2 Å². The van der Waals surface area contributed by atoms with Crippen LogP contribution in [0.2, 0.25) is 10.0 Å². The maximum atomic E-state index is 12.0. The highest BCUT2D eigenvalue weighted by Gasteiger charge is 2.43. The monoisotopic (exact) mass is 448 g/mol. The van der Waals surface area contributed by atoms with E-state index in [4.69, 9.17) is 37.6 Å². The molecule has 0 saturated heterocycles. The molecule has 0 bridgehead atoms. The van der Waals surface area contributed by atoms with Crippen LogP contribution in [0.4, 0.5) is 0 Å². The van der Waals surface area contributed by atoms with Gasteiger partial charge in [0.15, 0.2) is 5.71 Å². The Hall–Kier alpha value is -2.57. The molecular formula is C22H22Cl2N2O4. The van der Waals surface area contributed by atoms with E-state index in [0.29, 0.717) is 15.6 Å². The minimum atomic E-state index is -0.596. The lowest BCUT2D eigenvalue weighted by molar-refractivity contribution is -0.132. The van der Waals surface area contributed by atoms with Gasteiger partial charge in [-0.3, -0.25) is 0 Å². The van der Waals surface area contributed by atoms with E-state index in [9.17, 15) is 4.79 Å². The summed E-state index contributed by atoms with van der Waals surface area (Å²) in [7, 11) is 2.66. The molecule has 30 heavy (non-hydrogen) atoms. The van der Waals surface area contributed by atoms with Crippen LogP contribution in [-0.4, -0.2) is 31.6 Å². The van der Waals surface area contributed by atoms with Crippen LogP contribution >= 0.6 is 23.2 Å². The number of oxime groups is 2. The predicted molar refractivity (Wildman–Crippen MR) is 117 cm³/mol. The Morgan fingerprint density at radius 3 is 2.43 bits per heavy atom. The molecule has 6 nitrogen and oxygen atoms in total. The Kier molecular flexibility index (Phi) is 7.34. The van der Waals surface area contributed by atoms with Gasteiger partial charge in [-0.2, -0.15) is 0 Å². The second-order valence-corrected chi connectivity index (χ2v) is 7.68. The lowest BCUT2D eigenvalue weighted by atomic mass is 10.0. The van der Waals surface area contributed by atoms with Crippen LogP contribution in [-0.2, 0) is 25.8 Å². The minimum absolute atomic E-state index is 0.0653. The average molecular weight is 449 g/mol. The molecule has 0 aromatic heterocycles. The number of carbonyl (C=O) groups is 1. The van der Waals surface area contributed by atoms with E-state index in [1.165, 1.54) is 14.2 Å². The van der Waals surface area contributed by atoms with Gasteiger partial charge in [0.1, 0.15) is 13.7 Å². The summed E-state index contributed by atoms with van der Waals surface area (Å²) in [4.78, 5) is 22.4. The molecule has 0 aliphatic heterocycles. The molecule has 1 aliphatic rings. The zero-order chi connectivity index (χ0) is 21.7. The summed E-state index contributed by atoms with van der Waals surface area (Å²) in [6.45, 7) is 2.09. The maximum Gasteiger partial charge on any atom is 0.360 e. The lowest BCUT2D eigenvalue weighted by Gasteiger charge is -2.10. The number of benzene rings is 2. The van der Waals surface area contributed by atoms with E-state index < -0.39 is 5.97 Å². The summed E-state index contributed by atoms with van der Waals surface area (Å²) < 4.78 is 4.79. The van der Waals surface area contributed by atoms with Crippen molar-refractivity contribution in [3.05, 3.63) is 69.2 Å². The standard InChI is InChI=1S/C22H22Cl2N2O4/c1-13(16-11-17(16)20-18(23)9-6-10-19(20)24)25-30-12-14-7-4-5-8-15(14)21(26-29-3)22(27)28-2/h4-10,16-17H,11-12H2,1-3H3/b25-13-,26-21+/t16-,17+/m0/s1. The summed E-state index contributed by atoms with van der Waals surface area (Å²) >= 11 is 12.6. The first kappa shape index (κ1) is 22.1. The van der Waals surface area contributed by atoms with Crippen molar-refractivity contribution in [2.75, 3.05) is 14.2 Å². The normalized spacial score (nSPS) is 18.7. The van der Waals surface area contributed by atoms with Gasteiger partial charge in [-0.05, 0) is 37.0 Å². The smallest absolute Gasteiger partial charge is 0.360 e. The number of carbonyl (C=O) groups excluding carboxylic acids is 1. The molecule has 8 heteroatoms. The first-order valence-corrected chi connectivity index (χ1v) is 10.1. The third-order valence-corrected chi connectivity index (χ3v) is 5.62. The van der Waals surface area contributed by atoms with Gasteiger partial charge in [0.05, 0.1) is 12.8 Å². The van der Waals surface area contributed by atoms with E-state index in [2.05, 4.69) is 10.3 Å². The van der Waals surface area contributed by atoms with Gasteiger partial charge in [-0.15, -0.1) is 0 Å². The Labute approximate surface area is 185 Å². The van der Waals surface area contributed by atoms with Crippen molar-refractivity contribution in [3.8, 4) is 0 Å². The number of nitrogens with zero attached hydrogens (tertiary/aromatic N) is 2. The van der Waals surface area contributed by atoms with E-state index in [-0.39, 0.29) is 24.2 Å². The third-order valence-electron chi connectivity index (χ3n) is 4.96. The highest BCUT2D eigenvalue weighted by molar-refractivity contribution is 6.43. The largest absolute Gasteiger partial charge is 0.464 e. The zero-order valence-corrected chi connectivity index (χ0v) is 18.4. The van der Waals surface area contributed by atoms with Crippen molar-refractivity contribution in [1.29, 1.82) is 0 Å². The van der Waals surface area contributed by atoms with Gasteiger partial charge in [0.25, 0.3) is 0 Å². The van der Waals surface area contributed by atoms with Crippen molar-refractivity contribution in [1.82, 2.24) is 0 Å². The number of rotatable bonds is 8. The van der Waals surface area contributed by atoms with E-state index in [0.717, 1.165) is 23.3 Å². The molecule has 0 unspecified atom stereocenters. The zero-order valence-electron chi connectivity index (χ0n) is 16.9. The molecular weight excluding hydrogens is 427 g/mol. The SMILES string of the molecule is CO/N=C(/C(=O)OC)c1ccccc1CO/N=C(/C)[C@@H]1C[C@H]1c1c(Cl)cccc1Cl. The van der Waals surface area contributed by atoms with Crippen LogP contribution in [0.15, 0.2) is 52.8 Å². The maximum absolute atomic E-state index is 12.0. The topological polar surface area (TPSA) is 69.5 Å². The van der Waals surface area contributed by atoms with Gasteiger partial charge in [0, 0.05) is 27.1 Å². The second kappa shape index (κ2) is 9.96. The average Bonchev–Trinajstić information content (AvgIpc) is 3.52. The number of esters is 1. The molecule has 3 rings (SSSR count). The van der Waals surface area contributed by atoms with Crippen LogP contribution in [0.5, 0.6) is 0 Å². The highest BCUT2D eigenvalue weighted by atomic mass is 35.5. The molecule has 158 valence electrons. The van der Waals surface area contributed by atoms with Crippen molar-refractivity contribution in [2.45, 2.75) is 25.9 Å². The van der Waals surface area contributed by atoms with E-state index >= 15 is 0 Å². The molecule has 0 amide bonds. The predicted octanol–water partition coefficient (Wildman–Crippen LogP) is 5.21. The van der Waals surface area contributed by atoms with Crippen LogP contribution in [0.3, 0.4) is 0 Å². The van der Waals surface area contributed by atoms with Crippen molar-refractivity contribution in [2.24, 2.45) is 16.2 Å². The molecule has 2 aromatic rings. The van der Waals surface area contributed by atoms with Gasteiger partial charge in [-0.1, -0.05) is 63.8 Å². The molecule has 0 N–H and O–H groups in total. The Morgan fingerprint density at radius 2 is 1.77 bits per heavy atom. The van der Waals surface area contributed by atoms with Crippen LogP contribution in [0, 0.1) is 5.92 Å². The molecule has 0 heterocycles. The number of ether oxygens (including phenoxy) is 1. The summed E-state index contributed by atoms with van der Waals surface area (Å²) in [5.41, 5.74) is 3.19. The first-order valence-electron chi connectivity index (χ1n) is 9.36. The van der Waals surface area contributed by atoms with Gasteiger partial charge < -0.3 is 14.4 Å². The first-order chi connectivity index (χ1) is 14.5. The summed E-state index contributed by atoms with van der Waals surface area (Å²) in [5.74, 6) is -0.120. The fraction of sp³-hybridized carbons (Fsp3) is 0.318. The highest BCUT2D eigenvalue weighted by Crippen LogP contribution is 2.52.